The standard InChI is InChI=1S/C7H4NO/c1-3-8-5-6-2-4-9-7(1)6/h1,3-5H. The predicted molar refractivity (Wildman–Crippen MR) is 32.8 cm³/mol. The molecule has 2 rings (SSSR count). The molecule has 2 aromatic heterocycles. The zero-order valence-corrected chi connectivity index (χ0v) is 4.66. The highest BCUT2D eigenvalue weighted by Crippen LogP contribution is 2.10. The van der Waals surface area contributed by atoms with E-state index in [1.807, 2.05) is 6.07 Å². The first-order chi connectivity index (χ1) is 4.47. The fourth-order valence-corrected chi connectivity index (χ4v) is 0.749. The van der Waals surface area contributed by atoms with E-state index in [1.165, 1.54) is 6.26 Å². The van der Waals surface area contributed by atoms with Crippen LogP contribution in [0.2, 0.25) is 0 Å². The minimum Gasteiger partial charge on any atom is -0.464 e. The Morgan fingerprint density at radius 3 is 3.44 bits per heavy atom. The van der Waals surface area contributed by atoms with Crippen LogP contribution in [0.1, 0.15) is 0 Å². The molecule has 0 aromatic carbocycles. The summed E-state index contributed by atoms with van der Waals surface area (Å²) in [6, 6.07) is 4.70. The Balaban J connectivity index is 2.95. The van der Waals surface area contributed by atoms with Crippen molar-refractivity contribution in [1.82, 2.24) is 4.98 Å². The topological polar surface area (TPSA) is 26.0 Å². The summed E-state index contributed by atoms with van der Waals surface area (Å²) in [5, 5.41) is 0.928. The maximum atomic E-state index is 5.02. The highest BCUT2D eigenvalue weighted by molar-refractivity contribution is 5.74. The Morgan fingerprint density at radius 2 is 2.56 bits per heavy atom. The fraction of sp³-hybridized carbons (Fsp3) is 0. The molecule has 0 aliphatic carbocycles. The summed E-state index contributed by atoms with van der Waals surface area (Å²) in [5.74, 6) is 0. The van der Waals surface area contributed by atoms with Gasteiger partial charge in [-0.2, -0.15) is 0 Å². The van der Waals surface area contributed by atoms with Crippen LogP contribution in [0.15, 0.2) is 29.1 Å². The highest BCUT2D eigenvalue weighted by Gasteiger charge is 1.91. The summed E-state index contributed by atoms with van der Waals surface area (Å²) in [7, 11) is 0. The van der Waals surface area contributed by atoms with Crippen molar-refractivity contribution in [3.05, 3.63) is 30.8 Å². The van der Waals surface area contributed by atoms with Crippen LogP contribution in [0.25, 0.3) is 11.0 Å². The van der Waals surface area contributed by atoms with Crippen LogP contribution in [0.5, 0.6) is 0 Å². The van der Waals surface area contributed by atoms with E-state index in [-0.39, 0.29) is 0 Å². The van der Waals surface area contributed by atoms with Crippen molar-refractivity contribution in [1.29, 1.82) is 0 Å². The average molecular weight is 118 g/mol. The molecule has 0 amide bonds. The molecule has 2 heteroatoms. The minimum atomic E-state index is 0.838. The number of hydrogen-bond acceptors (Lipinski definition) is 2. The van der Waals surface area contributed by atoms with E-state index in [1.54, 1.807) is 12.4 Å². The molecule has 0 spiro atoms. The van der Waals surface area contributed by atoms with E-state index >= 15 is 0 Å². The predicted octanol–water partition coefficient (Wildman–Crippen LogP) is 1.63. The van der Waals surface area contributed by atoms with Crippen molar-refractivity contribution in [2.24, 2.45) is 0 Å². The zero-order valence-electron chi connectivity index (χ0n) is 4.66. The second kappa shape index (κ2) is 1.58. The lowest BCUT2D eigenvalue weighted by Crippen LogP contribution is -1.65. The van der Waals surface area contributed by atoms with Crippen LogP contribution in [0.4, 0.5) is 0 Å². The van der Waals surface area contributed by atoms with E-state index in [0.717, 1.165) is 11.0 Å². The molecule has 0 saturated heterocycles. The second-order valence-corrected chi connectivity index (χ2v) is 1.75. The molecule has 0 fully saturated rings. The number of hydrogen-bond donors (Lipinski definition) is 0. The summed E-state index contributed by atoms with van der Waals surface area (Å²) < 4.78 is 5.02. The number of fused-ring (bicyclic) bond motifs is 1. The van der Waals surface area contributed by atoms with Crippen LogP contribution < -0.4 is 0 Å². The summed E-state index contributed by atoms with van der Waals surface area (Å²) >= 11 is 0. The van der Waals surface area contributed by atoms with Crippen molar-refractivity contribution in [2.75, 3.05) is 0 Å². The van der Waals surface area contributed by atoms with Crippen molar-refractivity contribution in [2.45, 2.75) is 0 Å². The van der Waals surface area contributed by atoms with Crippen LogP contribution in [0, 0.1) is 6.07 Å². The van der Waals surface area contributed by atoms with E-state index < -0.39 is 0 Å². The van der Waals surface area contributed by atoms with Crippen LogP contribution >= 0.6 is 0 Å². The van der Waals surface area contributed by atoms with E-state index in [2.05, 4.69) is 11.1 Å². The first kappa shape index (κ1) is 4.56. The van der Waals surface area contributed by atoms with Gasteiger partial charge in [0.05, 0.1) is 6.26 Å². The highest BCUT2D eigenvalue weighted by atomic mass is 16.3. The molecule has 43 valence electrons. The molecule has 0 aliphatic rings. The van der Waals surface area contributed by atoms with E-state index in [9.17, 15) is 0 Å². The number of pyridine rings is 1. The molecule has 0 bridgehead atoms. The summed E-state index contributed by atoms with van der Waals surface area (Å²) in [4.78, 5) is 3.89. The van der Waals surface area contributed by atoms with Crippen molar-refractivity contribution in [3.8, 4) is 0 Å². The first-order valence-corrected chi connectivity index (χ1v) is 2.66. The van der Waals surface area contributed by atoms with Gasteiger partial charge in [-0.3, -0.25) is 4.98 Å². The van der Waals surface area contributed by atoms with Crippen molar-refractivity contribution < 1.29 is 4.42 Å². The number of aromatic nitrogens is 1. The smallest absolute Gasteiger partial charge is 0.137 e. The molecule has 2 heterocycles. The average Bonchev–Trinajstić information content (AvgIpc) is 2.33. The van der Waals surface area contributed by atoms with E-state index in [4.69, 9.17) is 4.42 Å². The molecule has 0 unspecified atom stereocenters. The molecule has 2 nitrogen and oxygen atoms in total. The SMILES string of the molecule is [c]1coc2ccncc12. The number of furan rings is 1. The Bertz CT molecular complexity index is 283. The van der Waals surface area contributed by atoms with Gasteiger partial charge in [-0.15, -0.1) is 0 Å². The van der Waals surface area contributed by atoms with Gasteiger partial charge < -0.3 is 4.42 Å². The third-order valence-corrected chi connectivity index (χ3v) is 1.18. The molecule has 2 aromatic rings. The molecular weight excluding hydrogens is 114 g/mol. The first-order valence-electron chi connectivity index (χ1n) is 2.66. The van der Waals surface area contributed by atoms with Crippen molar-refractivity contribution in [3.63, 3.8) is 0 Å². The molecule has 0 aliphatic heterocycles. The Morgan fingerprint density at radius 1 is 1.56 bits per heavy atom. The zero-order chi connectivity index (χ0) is 6.10. The second-order valence-electron chi connectivity index (χ2n) is 1.75. The molecule has 0 N–H and O–H groups in total. The molecule has 0 atom stereocenters. The Kier molecular flexibility index (Phi) is 0.803. The summed E-state index contributed by atoms with van der Waals surface area (Å²) in [6.45, 7) is 0. The lowest BCUT2D eigenvalue weighted by Gasteiger charge is -1.80. The lowest BCUT2D eigenvalue weighted by molar-refractivity contribution is 0.615. The normalized spacial score (nSPS) is 10.2. The molecule has 1 radical (unpaired) electrons. The van der Waals surface area contributed by atoms with Gasteiger partial charge >= 0.3 is 0 Å². The van der Waals surface area contributed by atoms with Crippen LogP contribution in [0.3, 0.4) is 0 Å². The third kappa shape index (κ3) is 0.598. The van der Waals surface area contributed by atoms with Crippen LogP contribution in [-0.2, 0) is 0 Å². The van der Waals surface area contributed by atoms with Gasteiger partial charge in [0.1, 0.15) is 5.58 Å². The van der Waals surface area contributed by atoms with Gasteiger partial charge in [-0.05, 0) is 6.07 Å². The maximum absolute atomic E-state index is 5.02. The quantitative estimate of drug-likeness (QED) is 0.525. The summed E-state index contributed by atoms with van der Waals surface area (Å²) in [5.41, 5.74) is 0.838. The van der Waals surface area contributed by atoms with Gasteiger partial charge in [0.15, 0.2) is 0 Å². The summed E-state index contributed by atoms with van der Waals surface area (Å²) in [6.07, 6.45) is 4.95. The maximum Gasteiger partial charge on any atom is 0.137 e. The fourth-order valence-electron chi connectivity index (χ4n) is 0.749. The largest absolute Gasteiger partial charge is 0.464 e. The Labute approximate surface area is 52.1 Å². The van der Waals surface area contributed by atoms with Crippen molar-refractivity contribution >= 4 is 11.0 Å². The van der Waals surface area contributed by atoms with Crippen LogP contribution in [-0.4, -0.2) is 4.98 Å². The van der Waals surface area contributed by atoms with Gasteiger partial charge in [0.2, 0.25) is 0 Å². The van der Waals surface area contributed by atoms with E-state index in [0.29, 0.717) is 0 Å². The van der Waals surface area contributed by atoms with Gasteiger partial charge in [0, 0.05) is 23.8 Å². The number of nitrogens with zero attached hydrogens (tertiary/aromatic N) is 1. The molecular formula is C7H4NO. The lowest BCUT2D eigenvalue weighted by atomic mass is 10.3. The van der Waals surface area contributed by atoms with Gasteiger partial charge in [-0.25, -0.2) is 0 Å². The molecule has 9 heavy (non-hydrogen) atoms. The van der Waals surface area contributed by atoms with Gasteiger partial charge in [0.25, 0.3) is 0 Å². The monoisotopic (exact) mass is 118 g/mol. The Hall–Kier alpha value is -1.31. The van der Waals surface area contributed by atoms with Gasteiger partial charge in [-0.1, -0.05) is 0 Å². The molecule has 0 saturated carbocycles. The number of rotatable bonds is 0. The third-order valence-electron chi connectivity index (χ3n) is 1.18. The minimum absolute atomic E-state index is 0.838.